The fourth-order valence-corrected chi connectivity index (χ4v) is 2.00. The molecule has 0 saturated heterocycles. The Morgan fingerprint density at radius 3 is 2.50 bits per heavy atom. The monoisotopic (exact) mass is 249 g/mol. The molecule has 0 bridgehead atoms. The van der Waals surface area contributed by atoms with Gasteiger partial charge >= 0.3 is 0 Å². The summed E-state index contributed by atoms with van der Waals surface area (Å²) in [5.74, 6) is -0.0880. The lowest BCUT2D eigenvalue weighted by Gasteiger charge is -2.22. The number of benzene rings is 1. The van der Waals surface area contributed by atoms with E-state index in [0.29, 0.717) is 11.1 Å². The summed E-state index contributed by atoms with van der Waals surface area (Å²) in [6, 6.07) is 6.99. The van der Waals surface area contributed by atoms with Gasteiger partial charge in [0, 0.05) is 11.1 Å². The molecule has 3 heteroatoms. The van der Waals surface area contributed by atoms with Crippen molar-refractivity contribution in [3.63, 3.8) is 0 Å². The second kappa shape index (κ2) is 4.71. The molecule has 1 atom stereocenters. The number of amides is 1. The van der Waals surface area contributed by atoms with Gasteiger partial charge in [-0.25, -0.2) is 4.39 Å². The molecule has 18 heavy (non-hydrogen) atoms. The van der Waals surface area contributed by atoms with Crippen molar-refractivity contribution in [2.24, 2.45) is 5.92 Å². The van der Waals surface area contributed by atoms with Gasteiger partial charge < -0.3 is 5.32 Å². The van der Waals surface area contributed by atoms with E-state index in [1.54, 1.807) is 24.3 Å². The highest BCUT2D eigenvalue weighted by molar-refractivity contribution is 5.96. The molecule has 0 aromatic heterocycles. The first-order valence-electron chi connectivity index (χ1n) is 6.44. The van der Waals surface area contributed by atoms with Crippen molar-refractivity contribution in [3.8, 4) is 0 Å². The summed E-state index contributed by atoms with van der Waals surface area (Å²) in [5, 5.41) is 2.88. The molecule has 2 rings (SSSR count). The van der Waals surface area contributed by atoms with E-state index in [4.69, 9.17) is 0 Å². The lowest BCUT2D eigenvalue weighted by atomic mass is 9.98. The number of hydrogen-bond donors (Lipinski definition) is 1. The van der Waals surface area contributed by atoms with Gasteiger partial charge in [0.1, 0.15) is 6.17 Å². The Labute approximate surface area is 108 Å². The van der Waals surface area contributed by atoms with Gasteiger partial charge in [0.25, 0.3) is 5.91 Å². The number of nitrogens with one attached hydrogen (secondary N) is 1. The van der Waals surface area contributed by atoms with Crippen molar-refractivity contribution in [3.05, 3.63) is 35.4 Å². The third kappa shape index (κ3) is 3.09. The van der Waals surface area contributed by atoms with Crippen LogP contribution in [0, 0.1) is 5.92 Å². The van der Waals surface area contributed by atoms with E-state index < -0.39 is 6.17 Å². The predicted molar refractivity (Wildman–Crippen MR) is 70.2 cm³/mol. The quantitative estimate of drug-likeness (QED) is 0.870. The lowest BCUT2D eigenvalue weighted by Crippen LogP contribution is -2.41. The van der Waals surface area contributed by atoms with Crippen LogP contribution in [0.3, 0.4) is 0 Å². The molecule has 2 nitrogen and oxygen atoms in total. The lowest BCUT2D eigenvalue weighted by molar-refractivity contribution is 0.0916. The number of halogens is 1. The van der Waals surface area contributed by atoms with E-state index in [1.807, 2.05) is 20.8 Å². The van der Waals surface area contributed by atoms with Crippen LogP contribution in [0.1, 0.15) is 55.7 Å². The molecular formula is C15H20FNO. The standard InChI is InChI=1S/C15H20FNO/c1-15(2,3)17-14(18)12-7-5-4-6-11(12)13(16)10-8-9-10/h4-7,10,13H,8-9H2,1-3H3,(H,17,18). The first-order chi connectivity index (χ1) is 8.38. The normalized spacial score (nSPS) is 17.3. The largest absolute Gasteiger partial charge is 0.347 e. The number of hydrogen-bond acceptors (Lipinski definition) is 1. The van der Waals surface area contributed by atoms with Crippen molar-refractivity contribution in [1.82, 2.24) is 5.32 Å². The summed E-state index contributed by atoms with van der Waals surface area (Å²) in [5.41, 5.74) is 0.684. The van der Waals surface area contributed by atoms with E-state index in [-0.39, 0.29) is 17.4 Å². The predicted octanol–water partition coefficient (Wildman–Crippen LogP) is 3.64. The maximum atomic E-state index is 14.2. The third-order valence-corrected chi connectivity index (χ3v) is 3.03. The van der Waals surface area contributed by atoms with Gasteiger partial charge in [0.05, 0.1) is 0 Å². The molecule has 1 aliphatic rings. The number of alkyl halides is 1. The van der Waals surface area contributed by atoms with Crippen molar-refractivity contribution >= 4 is 5.91 Å². The van der Waals surface area contributed by atoms with Crippen LogP contribution in [0.2, 0.25) is 0 Å². The average molecular weight is 249 g/mol. The van der Waals surface area contributed by atoms with Crippen LogP contribution in [-0.2, 0) is 0 Å². The second-order valence-electron chi connectivity index (χ2n) is 6.03. The summed E-state index contributed by atoms with van der Waals surface area (Å²) in [6.45, 7) is 5.75. The highest BCUT2D eigenvalue weighted by atomic mass is 19.1. The van der Waals surface area contributed by atoms with Gasteiger partial charge in [-0.1, -0.05) is 18.2 Å². The van der Waals surface area contributed by atoms with Crippen molar-refractivity contribution in [1.29, 1.82) is 0 Å². The van der Waals surface area contributed by atoms with Crippen LogP contribution < -0.4 is 5.32 Å². The fourth-order valence-electron chi connectivity index (χ4n) is 2.00. The minimum Gasteiger partial charge on any atom is -0.347 e. The van der Waals surface area contributed by atoms with Crippen LogP contribution in [0.25, 0.3) is 0 Å². The highest BCUT2D eigenvalue weighted by Crippen LogP contribution is 2.44. The molecule has 1 unspecified atom stereocenters. The zero-order valence-corrected chi connectivity index (χ0v) is 11.2. The minimum absolute atomic E-state index is 0.105. The van der Waals surface area contributed by atoms with Gasteiger partial charge in [0.15, 0.2) is 0 Å². The summed E-state index contributed by atoms with van der Waals surface area (Å²) in [7, 11) is 0. The molecule has 1 aromatic rings. The zero-order valence-electron chi connectivity index (χ0n) is 11.2. The maximum absolute atomic E-state index is 14.2. The summed E-state index contributed by atoms with van der Waals surface area (Å²) in [4.78, 5) is 12.2. The zero-order chi connectivity index (χ0) is 13.3. The highest BCUT2D eigenvalue weighted by Gasteiger charge is 2.34. The Bertz CT molecular complexity index is 446. The molecule has 1 saturated carbocycles. The number of carbonyl (C=O) groups excluding carboxylic acids is 1. The molecule has 0 spiro atoms. The van der Waals surface area contributed by atoms with Gasteiger partial charge in [-0.15, -0.1) is 0 Å². The Balaban J connectivity index is 2.24. The Morgan fingerprint density at radius 1 is 1.33 bits per heavy atom. The molecule has 1 N–H and O–H groups in total. The van der Waals surface area contributed by atoms with Crippen LogP contribution in [0.5, 0.6) is 0 Å². The molecule has 1 fully saturated rings. The Hall–Kier alpha value is -1.38. The van der Waals surface area contributed by atoms with Crippen LogP contribution in [0.15, 0.2) is 24.3 Å². The smallest absolute Gasteiger partial charge is 0.252 e. The molecule has 0 aliphatic heterocycles. The van der Waals surface area contributed by atoms with Crippen molar-refractivity contribution in [2.45, 2.75) is 45.3 Å². The van der Waals surface area contributed by atoms with Gasteiger partial charge in [-0.3, -0.25) is 4.79 Å². The molecule has 0 heterocycles. The van der Waals surface area contributed by atoms with E-state index in [1.165, 1.54) is 0 Å². The minimum atomic E-state index is -1.01. The number of carbonyl (C=O) groups is 1. The Kier molecular flexibility index (Phi) is 3.42. The SMILES string of the molecule is CC(C)(C)NC(=O)c1ccccc1C(F)C1CC1. The average Bonchev–Trinajstić information content (AvgIpc) is 3.09. The molecule has 1 aromatic carbocycles. The topological polar surface area (TPSA) is 29.1 Å². The van der Waals surface area contributed by atoms with Crippen LogP contribution in [0.4, 0.5) is 4.39 Å². The molecule has 1 aliphatic carbocycles. The molecular weight excluding hydrogens is 229 g/mol. The van der Waals surface area contributed by atoms with E-state index in [2.05, 4.69) is 5.32 Å². The van der Waals surface area contributed by atoms with E-state index in [0.717, 1.165) is 12.8 Å². The van der Waals surface area contributed by atoms with Gasteiger partial charge in [-0.2, -0.15) is 0 Å². The van der Waals surface area contributed by atoms with Crippen molar-refractivity contribution in [2.75, 3.05) is 0 Å². The first-order valence-corrected chi connectivity index (χ1v) is 6.44. The summed E-state index contributed by atoms with van der Waals surface area (Å²) >= 11 is 0. The number of rotatable bonds is 3. The van der Waals surface area contributed by atoms with Gasteiger partial charge in [-0.05, 0) is 51.2 Å². The van der Waals surface area contributed by atoms with E-state index >= 15 is 0 Å². The molecule has 98 valence electrons. The summed E-state index contributed by atoms with van der Waals surface area (Å²) < 4.78 is 14.2. The van der Waals surface area contributed by atoms with E-state index in [9.17, 15) is 9.18 Å². The Morgan fingerprint density at radius 2 is 1.94 bits per heavy atom. The summed E-state index contributed by atoms with van der Waals surface area (Å²) in [6.07, 6.45) is 0.846. The first kappa shape index (κ1) is 13.1. The fraction of sp³-hybridized carbons (Fsp3) is 0.533. The third-order valence-electron chi connectivity index (χ3n) is 3.03. The maximum Gasteiger partial charge on any atom is 0.252 e. The molecule has 0 radical (unpaired) electrons. The molecule has 1 amide bonds. The van der Waals surface area contributed by atoms with Gasteiger partial charge in [0.2, 0.25) is 0 Å². The second-order valence-corrected chi connectivity index (χ2v) is 6.03. The van der Waals surface area contributed by atoms with Crippen molar-refractivity contribution < 1.29 is 9.18 Å². The van der Waals surface area contributed by atoms with Crippen LogP contribution >= 0.6 is 0 Å². The van der Waals surface area contributed by atoms with Crippen LogP contribution in [-0.4, -0.2) is 11.4 Å².